The SMILES string of the molecule is CCc1ccsc1CN1CCNCC1CC. The van der Waals surface area contributed by atoms with Gasteiger partial charge in [-0.1, -0.05) is 13.8 Å². The molecule has 90 valence electrons. The maximum atomic E-state index is 3.49. The third kappa shape index (κ3) is 2.65. The van der Waals surface area contributed by atoms with Crippen molar-refractivity contribution in [1.82, 2.24) is 10.2 Å². The second kappa shape index (κ2) is 5.80. The van der Waals surface area contributed by atoms with Crippen LogP contribution in [0.2, 0.25) is 0 Å². The van der Waals surface area contributed by atoms with Gasteiger partial charge in [-0.2, -0.15) is 0 Å². The van der Waals surface area contributed by atoms with Crippen LogP contribution in [0.15, 0.2) is 11.4 Å². The maximum Gasteiger partial charge on any atom is 0.0334 e. The summed E-state index contributed by atoms with van der Waals surface area (Å²) >= 11 is 1.92. The van der Waals surface area contributed by atoms with Crippen molar-refractivity contribution in [2.24, 2.45) is 0 Å². The molecule has 1 unspecified atom stereocenters. The highest BCUT2D eigenvalue weighted by molar-refractivity contribution is 7.10. The molecule has 1 aliphatic rings. The van der Waals surface area contributed by atoms with Crippen molar-refractivity contribution in [2.45, 2.75) is 39.3 Å². The van der Waals surface area contributed by atoms with E-state index in [-0.39, 0.29) is 0 Å². The minimum absolute atomic E-state index is 0.723. The second-order valence-corrected chi connectivity index (χ2v) is 5.46. The Hall–Kier alpha value is -0.380. The Morgan fingerprint density at radius 2 is 2.38 bits per heavy atom. The summed E-state index contributed by atoms with van der Waals surface area (Å²) in [6.07, 6.45) is 2.42. The second-order valence-electron chi connectivity index (χ2n) is 4.46. The molecule has 1 saturated heterocycles. The third-order valence-electron chi connectivity index (χ3n) is 3.51. The lowest BCUT2D eigenvalue weighted by molar-refractivity contribution is 0.150. The number of rotatable bonds is 4. The lowest BCUT2D eigenvalue weighted by Gasteiger charge is -2.35. The molecule has 2 heterocycles. The highest BCUT2D eigenvalue weighted by atomic mass is 32.1. The van der Waals surface area contributed by atoms with Crippen LogP contribution in [0.1, 0.15) is 30.7 Å². The van der Waals surface area contributed by atoms with Gasteiger partial charge in [0.05, 0.1) is 0 Å². The van der Waals surface area contributed by atoms with Gasteiger partial charge in [0.25, 0.3) is 0 Å². The van der Waals surface area contributed by atoms with Crippen LogP contribution in [0.5, 0.6) is 0 Å². The van der Waals surface area contributed by atoms with Crippen molar-refractivity contribution in [3.63, 3.8) is 0 Å². The van der Waals surface area contributed by atoms with Gasteiger partial charge in [0.15, 0.2) is 0 Å². The fourth-order valence-corrected chi connectivity index (χ4v) is 3.42. The van der Waals surface area contributed by atoms with Crippen LogP contribution < -0.4 is 5.32 Å². The standard InChI is InChI=1S/C13H22N2S/c1-3-11-5-8-16-13(11)10-15-7-6-14-9-12(15)4-2/h5,8,12,14H,3-4,6-7,9-10H2,1-2H3. The van der Waals surface area contributed by atoms with Crippen LogP contribution in [0.3, 0.4) is 0 Å². The van der Waals surface area contributed by atoms with Gasteiger partial charge in [0.2, 0.25) is 0 Å². The van der Waals surface area contributed by atoms with Crippen LogP contribution in [0.4, 0.5) is 0 Å². The first-order valence-corrected chi connectivity index (χ1v) is 7.23. The summed E-state index contributed by atoms with van der Waals surface area (Å²) in [6, 6.07) is 3.00. The molecule has 0 saturated carbocycles. The van der Waals surface area contributed by atoms with E-state index in [9.17, 15) is 0 Å². The van der Waals surface area contributed by atoms with Crippen molar-refractivity contribution in [3.05, 3.63) is 21.9 Å². The van der Waals surface area contributed by atoms with E-state index in [0.717, 1.165) is 25.7 Å². The van der Waals surface area contributed by atoms with Gasteiger partial charge >= 0.3 is 0 Å². The van der Waals surface area contributed by atoms with Crippen molar-refractivity contribution in [3.8, 4) is 0 Å². The summed E-state index contributed by atoms with van der Waals surface area (Å²) in [4.78, 5) is 4.21. The van der Waals surface area contributed by atoms with E-state index in [1.165, 1.54) is 19.4 Å². The number of nitrogens with zero attached hydrogens (tertiary/aromatic N) is 1. The molecule has 1 atom stereocenters. The van der Waals surface area contributed by atoms with Gasteiger partial charge in [-0.3, -0.25) is 4.90 Å². The first-order valence-electron chi connectivity index (χ1n) is 6.35. The molecule has 1 aromatic heterocycles. The average Bonchev–Trinajstić information content (AvgIpc) is 2.77. The summed E-state index contributed by atoms with van der Waals surface area (Å²) in [5.41, 5.74) is 1.54. The van der Waals surface area contributed by atoms with E-state index < -0.39 is 0 Å². The molecule has 2 rings (SSSR count). The molecule has 1 N–H and O–H groups in total. The summed E-state index contributed by atoms with van der Waals surface area (Å²) in [5.74, 6) is 0. The Kier molecular flexibility index (Phi) is 4.38. The molecule has 16 heavy (non-hydrogen) atoms. The summed E-state index contributed by atoms with van der Waals surface area (Å²) < 4.78 is 0. The van der Waals surface area contributed by atoms with Gasteiger partial charge in [-0.25, -0.2) is 0 Å². The fourth-order valence-electron chi connectivity index (χ4n) is 2.42. The molecule has 0 aliphatic carbocycles. The first-order chi connectivity index (χ1) is 7.85. The monoisotopic (exact) mass is 238 g/mol. The lowest BCUT2D eigenvalue weighted by Crippen LogP contribution is -2.50. The minimum atomic E-state index is 0.723. The molecule has 1 fully saturated rings. The zero-order valence-corrected chi connectivity index (χ0v) is 11.1. The number of nitrogens with one attached hydrogen (secondary N) is 1. The van der Waals surface area contributed by atoms with Crippen LogP contribution in [0, 0.1) is 0 Å². The number of piperazine rings is 1. The Balaban J connectivity index is 2.02. The Bertz CT molecular complexity index is 321. The smallest absolute Gasteiger partial charge is 0.0334 e. The molecule has 0 spiro atoms. The number of aryl methyl sites for hydroxylation is 1. The van der Waals surface area contributed by atoms with E-state index in [4.69, 9.17) is 0 Å². The summed E-state index contributed by atoms with van der Waals surface area (Å²) in [6.45, 7) is 9.19. The molecule has 0 amide bonds. The number of thiophene rings is 1. The Labute approximate surface area is 103 Å². The Morgan fingerprint density at radius 1 is 1.50 bits per heavy atom. The zero-order valence-electron chi connectivity index (χ0n) is 10.3. The summed E-state index contributed by atoms with van der Waals surface area (Å²) in [7, 11) is 0. The summed E-state index contributed by atoms with van der Waals surface area (Å²) in [5, 5.41) is 5.72. The third-order valence-corrected chi connectivity index (χ3v) is 4.46. The van der Waals surface area contributed by atoms with Gasteiger partial charge in [0, 0.05) is 37.1 Å². The Morgan fingerprint density at radius 3 is 3.12 bits per heavy atom. The minimum Gasteiger partial charge on any atom is -0.314 e. The molecule has 3 heteroatoms. The van der Waals surface area contributed by atoms with Crippen LogP contribution in [-0.2, 0) is 13.0 Å². The highest BCUT2D eigenvalue weighted by Crippen LogP contribution is 2.21. The lowest BCUT2D eigenvalue weighted by atomic mass is 10.1. The van der Waals surface area contributed by atoms with Crippen molar-refractivity contribution < 1.29 is 0 Å². The molecule has 1 aliphatic heterocycles. The van der Waals surface area contributed by atoms with Crippen LogP contribution >= 0.6 is 11.3 Å². The first kappa shape index (κ1) is 12.1. The average molecular weight is 238 g/mol. The predicted octanol–water partition coefficient (Wildman–Crippen LogP) is 2.49. The molecular weight excluding hydrogens is 216 g/mol. The predicted molar refractivity (Wildman–Crippen MR) is 71.1 cm³/mol. The van der Waals surface area contributed by atoms with E-state index in [1.807, 2.05) is 11.3 Å². The van der Waals surface area contributed by atoms with E-state index >= 15 is 0 Å². The largest absolute Gasteiger partial charge is 0.314 e. The van der Waals surface area contributed by atoms with Crippen molar-refractivity contribution in [2.75, 3.05) is 19.6 Å². The number of hydrogen-bond donors (Lipinski definition) is 1. The number of hydrogen-bond acceptors (Lipinski definition) is 3. The van der Waals surface area contributed by atoms with Crippen molar-refractivity contribution in [1.29, 1.82) is 0 Å². The fraction of sp³-hybridized carbons (Fsp3) is 0.692. The van der Waals surface area contributed by atoms with Crippen LogP contribution in [0.25, 0.3) is 0 Å². The zero-order chi connectivity index (χ0) is 11.4. The molecule has 0 bridgehead atoms. The molecular formula is C13H22N2S. The molecule has 0 radical (unpaired) electrons. The normalized spacial score (nSPS) is 22.5. The molecule has 2 nitrogen and oxygen atoms in total. The van der Waals surface area contributed by atoms with E-state index in [2.05, 4.69) is 35.5 Å². The van der Waals surface area contributed by atoms with Gasteiger partial charge in [-0.15, -0.1) is 11.3 Å². The topological polar surface area (TPSA) is 15.3 Å². The molecule has 1 aromatic rings. The van der Waals surface area contributed by atoms with Crippen molar-refractivity contribution >= 4 is 11.3 Å². The maximum absolute atomic E-state index is 3.49. The van der Waals surface area contributed by atoms with Crippen LogP contribution in [-0.4, -0.2) is 30.6 Å². The van der Waals surface area contributed by atoms with Gasteiger partial charge < -0.3 is 5.32 Å². The van der Waals surface area contributed by atoms with E-state index in [1.54, 1.807) is 10.4 Å². The quantitative estimate of drug-likeness (QED) is 0.867. The van der Waals surface area contributed by atoms with Gasteiger partial charge in [0.1, 0.15) is 0 Å². The van der Waals surface area contributed by atoms with E-state index in [0.29, 0.717) is 0 Å². The highest BCUT2D eigenvalue weighted by Gasteiger charge is 2.21. The van der Waals surface area contributed by atoms with Gasteiger partial charge in [-0.05, 0) is 29.9 Å². The molecule has 0 aromatic carbocycles.